The standard InChI is InChI=1S/C15H17BrFNO3/c16-12-9-10(4-6-13(12)17)15(21)18-8-2-1-3-11(18)5-7-14(19)20/h4,6,9,11H,1-3,5,7-8H2,(H,19,20). The quantitative estimate of drug-likeness (QED) is 0.897. The first-order valence-electron chi connectivity index (χ1n) is 6.97. The normalized spacial score (nSPS) is 18.6. The number of halogens is 2. The molecule has 1 N–H and O–H groups in total. The molecule has 4 nitrogen and oxygen atoms in total. The van der Waals surface area contributed by atoms with Crippen molar-refractivity contribution in [2.45, 2.75) is 38.1 Å². The van der Waals surface area contributed by atoms with Crippen molar-refractivity contribution in [3.8, 4) is 0 Å². The lowest BCUT2D eigenvalue weighted by Gasteiger charge is -2.35. The van der Waals surface area contributed by atoms with Gasteiger partial charge in [-0.25, -0.2) is 4.39 Å². The Labute approximate surface area is 131 Å². The minimum Gasteiger partial charge on any atom is -0.481 e. The number of aliphatic carboxylic acids is 1. The van der Waals surface area contributed by atoms with E-state index in [-0.39, 0.29) is 22.8 Å². The van der Waals surface area contributed by atoms with Crippen LogP contribution in [0.3, 0.4) is 0 Å². The van der Waals surface area contributed by atoms with Gasteiger partial charge in [-0.1, -0.05) is 0 Å². The molecule has 1 aromatic rings. The summed E-state index contributed by atoms with van der Waals surface area (Å²) >= 11 is 3.08. The van der Waals surface area contributed by atoms with Crippen molar-refractivity contribution in [3.05, 3.63) is 34.1 Å². The van der Waals surface area contributed by atoms with Gasteiger partial charge in [-0.05, 0) is 59.8 Å². The molecule has 0 spiro atoms. The van der Waals surface area contributed by atoms with Crippen molar-refractivity contribution in [1.29, 1.82) is 0 Å². The van der Waals surface area contributed by atoms with Crippen molar-refractivity contribution in [1.82, 2.24) is 4.90 Å². The van der Waals surface area contributed by atoms with Gasteiger partial charge in [0, 0.05) is 24.6 Å². The Kier molecular flexibility index (Phi) is 5.33. The minimum atomic E-state index is -0.850. The summed E-state index contributed by atoms with van der Waals surface area (Å²) in [4.78, 5) is 25.0. The third kappa shape index (κ3) is 4.03. The predicted molar refractivity (Wildman–Crippen MR) is 79.6 cm³/mol. The number of hydrogen-bond donors (Lipinski definition) is 1. The summed E-state index contributed by atoms with van der Waals surface area (Å²) in [5.41, 5.74) is 0.422. The van der Waals surface area contributed by atoms with Gasteiger partial charge in [-0.3, -0.25) is 9.59 Å². The highest BCUT2D eigenvalue weighted by molar-refractivity contribution is 9.10. The molecule has 1 amide bonds. The van der Waals surface area contributed by atoms with Crippen molar-refractivity contribution in [3.63, 3.8) is 0 Å². The van der Waals surface area contributed by atoms with Crippen LogP contribution in [-0.2, 0) is 4.79 Å². The fourth-order valence-electron chi connectivity index (χ4n) is 2.65. The van der Waals surface area contributed by atoms with Crippen molar-refractivity contribution >= 4 is 27.8 Å². The van der Waals surface area contributed by atoms with Crippen molar-refractivity contribution in [2.24, 2.45) is 0 Å². The van der Waals surface area contributed by atoms with E-state index in [2.05, 4.69) is 15.9 Å². The van der Waals surface area contributed by atoms with Gasteiger partial charge >= 0.3 is 5.97 Å². The van der Waals surface area contributed by atoms with E-state index in [4.69, 9.17) is 5.11 Å². The Morgan fingerprint density at radius 3 is 2.81 bits per heavy atom. The lowest BCUT2D eigenvalue weighted by molar-refractivity contribution is -0.137. The predicted octanol–water partition coefficient (Wildman–Crippen LogP) is 3.45. The van der Waals surface area contributed by atoms with Gasteiger partial charge in [0.2, 0.25) is 0 Å². The third-order valence-corrected chi connectivity index (χ3v) is 4.35. The molecular formula is C15H17BrFNO3. The van der Waals surface area contributed by atoms with Gasteiger partial charge < -0.3 is 10.0 Å². The van der Waals surface area contributed by atoms with Crippen molar-refractivity contribution in [2.75, 3.05) is 6.54 Å². The number of piperidine rings is 1. The summed E-state index contributed by atoms with van der Waals surface area (Å²) in [6.45, 7) is 0.623. The minimum absolute atomic E-state index is 0.0498. The van der Waals surface area contributed by atoms with E-state index in [9.17, 15) is 14.0 Å². The summed E-state index contributed by atoms with van der Waals surface area (Å²) in [5.74, 6) is -1.42. The molecule has 1 atom stereocenters. The van der Waals surface area contributed by atoms with Gasteiger partial charge in [0.25, 0.3) is 5.91 Å². The largest absolute Gasteiger partial charge is 0.481 e. The molecule has 6 heteroatoms. The van der Waals surface area contributed by atoms with Crippen LogP contribution in [0.1, 0.15) is 42.5 Å². The van der Waals surface area contributed by atoms with Crippen LogP contribution in [0, 0.1) is 5.82 Å². The van der Waals surface area contributed by atoms with Gasteiger partial charge in [-0.2, -0.15) is 0 Å². The van der Waals surface area contributed by atoms with Crippen LogP contribution in [-0.4, -0.2) is 34.5 Å². The molecule has 1 heterocycles. The maximum atomic E-state index is 13.3. The topological polar surface area (TPSA) is 57.6 Å². The van der Waals surface area contributed by atoms with Crippen LogP contribution in [0.2, 0.25) is 0 Å². The van der Waals surface area contributed by atoms with E-state index in [1.807, 2.05) is 0 Å². The number of carbonyl (C=O) groups is 2. The number of amides is 1. The third-order valence-electron chi connectivity index (χ3n) is 3.75. The Morgan fingerprint density at radius 1 is 1.38 bits per heavy atom. The Bertz CT molecular complexity index is 550. The van der Waals surface area contributed by atoms with Crippen LogP contribution in [0.4, 0.5) is 4.39 Å². The molecule has 0 saturated carbocycles. The number of nitrogens with zero attached hydrogens (tertiary/aromatic N) is 1. The second-order valence-corrected chi connectivity index (χ2v) is 6.06. The average Bonchev–Trinajstić information content (AvgIpc) is 2.47. The van der Waals surface area contributed by atoms with Crippen LogP contribution in [0.15, 0.2) is 22.7 Å². The van der Waals surface area contributed by atoms with Crippen LogP contribution < -0.4 is 0 Å². The first kappa shape index (κ1) is 15.9. The fraction of sp³-hybridized carbons (Fsp3) is 0.467. The number of benzene rings is 1. The molecule has 1 aliphatic rings. The number of carbonyl (C=O) groups excluding carboxylic acids is 1. The molecule has 21 heavy (non-hydrogen) atoms. The van der Waals surface area contributed by atoms with E-state index in [1.54, 1.807) is 4.90 Å². The summed E-state index contributed by atoms with van der Waals surface area (Å²) in [6, 6.07) is 4.14. The maximum Gasteiger partial charge on any atom is 0.303 e. The zero-order valence-corrected chi connectivity index (χ0v) is 13.1. The molecule has 114 valence electrons. The lowest BCUT2D eigenvalue weighted by atomic mass is 9.97. The van der Waals surface area contributed by atoms with Crippen LogP contribution >= 0.6 is 15.9 Å². The van der Waals surface area contributed by atoms with E-state index >= 15 is 0 Å². The highest BCUT2D eigenvalue weighted by atomic mass is 79.9. The molecule has 1 aliphatic heterocycles. The maximum absolute atomic E-state index is 13.3. The highest BCUT2D eigenvalue weighted by Crippen LogP contribution is 2.24. The smallest absolute Gasteiger partial charge is 0.303 e. The number of likely N-dealkylation sites (tertiary alicyclic amines) is 1. The van der Waals surface area contributed by atoms with Gasteiger partial charge in [0.05, 0.1) is 4.47 Å². The number of rotatable bonds is 4. The second-order valence-electron chi connectivity index (χ2n) is 5.21. The van der Waals surface area contributed by atoms with E-state index in [0.29, 0.717) is 18.5 Å². The number of carboxylic acids is 1. The van der Waals surface area contributed by atoms with E-state index < -0.39 is 11.8 Å². The van der Waals surface area contributed by atoms with Crippen molar-refractivity contribution < 1.29 is 19.1 Å². The SMILES string of the molecule is O=C(O)CCC1CCCCN1C(=O)c1ccc(F)c(Br)c1. The summed E-state index contributed by atoms with van der Waals surface area (Å²) in [5, 5.41) is 8.80. The molecule has 1 fully saturated rings. The fourth-order valence-corrected chi connectivity index (χ4v) is 3.03. The molecule has 2 rings (SSSR count). The van der Waals surface area contributed by atoms with E-state index in [0.717, 1.165) is 19.3 Å². The second kappa shape index (κ2) is 7.02. The van der Waals surface area contributed by atoms with Crippen LogP contribution in [0.25, 0.3) is 0 Å². The van der Waals surface area contributed by atoms with Gasteiger partial charge in [0.15, 0.2) is 0 Å². The van der Waals surface area contributed by atoms with E-state index in [1.165, 1.54) is 18.2 Å². The highest BCUT2D eigenvalue weighted by Gasteiger charge is 2.28. The molecule has 0 radical (unpaired) electrons. The zero-order valence-electron chi connectivity index (χ0n) is 11.5. The summed E-state index contributed by atoms with van der Waals surface area (Å²) in [6.07, 6.45) is 3.26. The van der Waals surface area contributed by atoms with Gasteiger partial charge in [0.1, 0.15) is 5.82 Å². The first-order chi connectivity index (χ1) is 9.99. The Balaban J connectivity index is 2.13. The van der Waals surface area contributed by atoms with Crippen LogP contribution in [0.5, 0.6) is 0 Å². The molecule has 0 bridgehead atoms. The number of carboxylic acid groups (broad SMARTS) is 1. The molecule has 1 aromatic carbocycles. The summed E-state index contributed by atoms with van der Waals surface area (Å²) < 4.78 is 13.5. The Morgan fingerprint density at radius 2 is 2.14 bits per heavy atom. The molecular weight excluding hydrogens is 341 g/mol. The molecule has 1 saturated heterocycles. The summed E-state index contributed by atoms with van der Waals surface area (Å²) in [7, 11) is 0. The zero-order chi connectivity index (χ0) is 15.4. The monoisotopic (exact) mass is 357 g/mol. The molecule has 0 aromatic heterocycles. The first-order valence-corrected chi connectivity index (χ1v) is 7.76. The average molecular weight is 358 g/mol. The lowest BCUT2D eigenvalue weighted by Crippen LogP contribution is -2.44. The van der Waals surface area contributed by atoms with Gasteiger partial charge in [-0.15, -0.1) is 0 Å². The molecule has 1 unspecified atom stereocenters. The number of hydrogen-bond acceptors (Lipinski definition) is 2. The molecule has 0 aliphatic carbocycles. The Hall–Kier alpha value is -1.43.